The predicted molar refractivity (Wildman–Crippen MR) is 73.3 cm³/mol. The lowest BCUT2D eigenvalue weighted by molar-refractivity contribution is 0.144. The summed E-state index contributed by atoms with van der Waals surface area (Å²) in [7, 11) is 1.59. The van der Waals surface area contributed by atoms with E-state index in [0.29, 0.717) is 30.3 Å². The smallest absolute Gasteiger partial charge is 0.319 e. The van der Waals surface area contributed by atoms with Crippen molar-refractivity contribution in [2.75, 3.05) is 20.3 Å². The molecule has 0 amide bonds. The lowest BCUT2D eigenvalue weighted by Gasteiger charge is -2.30. The molecule has 0 aromatic carbocycles. The van der Waals surface area contributed by atoms with Gasteiger partial charge >= 0.3 is 6.01 Å². The average Bonchev–Trinajstić information content (AvgIpc) is 2.44. The van der Waals surface area contributed by atoms with Crippen LogP contribution < -0.4 is 15.2 Å². The second-order valence-electron chi connectivity index (χ2n) is 5.19. The van der Waals surface area contributed by atoms with Gasteiger partial charge in [0.25, 0.3) is 0 Å². The van der Waals surface area contributed by atoms with Gasteiger partial charge < -0.3 is 15.2 Å². The Morgan fingerprint density at radius 1 is 1.26 bits per heavy atom. The third-order valence-electron chi connectivity index (χ3n) is 3.82. The average molecular weight is 265 g/mol. The van der Waals surface area contributed by atoms with Crippen molar-refractivity contribution in [3.63, 3.8) is 0 Å². The van der Waals surface area contributed by atoms with E-state index in [2.05, 4.69) is 9.97 Å². The minimum Gasteiger partial charge on any atom is -0.481 e. The quantitative estimate of drug-likeness (QED) is 0.881. The molecule has 1 aromatic rings. The highest BCUT2D eigenvalue weighted by atomic mass is 16.5. The highest BCUT2D eigenvalue weighted by Crippen LogP contribution is 2.29. The molecule has 19 heavy (non-hydrogen) atoms. The van der Waals surface area contributed by atoms with Crippen LogP contribution in [0.4, 0.5) is 0 Å². The zero-order valence-corrected chi connectivity index (χ0v) is 11.8. The van der Waals surface area contributed by atoms with Crippen LogP contribution >= 0.6 is 0 Å². The molecular formula is C14H23N3O2. The second-order valence-corrected chi connectivity index (χ2v) is 5.19. The Hall–Kier alpha value is -1.36. The molecular weight excluding hydrogens is 242 g/mol. The van der Waals surface area contributed by atoms with Gasteiger partial charge in [0.15, 0.2) is 0 Å². The first kappa shape index (κ1) is 14.1. The number of rotatable bonds is 5. The van der Waals surface area contributed by atoms with Crippen LogP contribution in [0.15, 0.2) is 6.07 Å². The van der Waals surface area contributed by atoms with Crippen molar-refractivity contribution in [2.24, 2.45) is 17.6 Å². The number of nitrogens with zero attached hydrogens (tertiary/aromatic N) is 2. The largest absolute Gasteiger partial charge is 0.481 e. The Morgan fingerprint density at radius 2 is 2.00 bits per heavy atom. The van der Waals surface area contributed by atoms with Crippen molar-refractivity contribution < 1.29 is 9.47 Å². The molecule has 2 atom stereocenters. The van der Waals surface area contributed by atoms with Gasteiger partial charge in [0.05, 0.1) is 13.7 Å². The first-order valence-corrected chi connectivity index (χ1v) is 6.95. The van der Waals surface area contributed by atoms with E-state index in [-0.39, 0.29) is 0 Å². The fourth-order valence-electron chi connectivity index (χ4n) is 2.68. The van der Waals surface area contributed by atoms with Gasteiger partial charge in [-0.1, -0.05) is 12.8 Å². The zero-order valence-electron chi connectivity index (χ0n) is 11.8. The molecule has 2 unspecified atom stereocenters. The van der Waals surface area contributed by atoms with Crippen LogP contribution in [0.2, 0.25) is 0 Å². The van der Waals surface area contributed by atoms with Crippen LogP contribution in [0.5, 0.6) is 11.9 Å². The first-order chi connectivity index (χ1) is 9.22. The molecule has 0 saturated heterocycles. The van der Waals surface area contributed by atoms with E-state index in [1.54, 1.807) is 13.2 Å². The van der Waals surface area contributed by atoms with Gasteiger partial charge in [-0.3, -0.25) is 0 Å². The summed E-state index contributed by atoms with van der Waals surface area (Å²) < 4.78 is 10.9. The van der Waals surface area contributed by atoms with E-state index in [0.717, 1.165) is 12.2 Å². The number of ether oxygens (including phenoxy) is 2. The number of hydrogen-bond donors (Lipinski definition) is 1. The minimum atomic E-state index is 0.401. The summed E-state index contributed by atoms with van der Waals surface area (Å²) in [5, 5.41) is 0. The fraction of sp³-hybridized carbons (Fsp3) is 0.714. The van der Waals surface area contributed by atoms with Gasteiger partial charge in [-0.2, -0.15) is 4.98 Å². The van der Waals surface area contributed by atoms with E-state index in [4.69, 9.17) is 15.2 Å². The van der Waals surface area contributed by atoms with E-state index in [1.165, 1.54) is 25.7 Å². The molecule has 1 aliphatic rings. The summed E-state index contributed by atoms with van der Waals surface area (Å²) in [4.78, 5) is 8.47. The summed E-state index contributed by atoms with van der Waals surface area (Å²) in [6.45, 7) is 3.29. The molecule has 0 bridgehead atoms. The summed E-state index contributed by atoms with van der Waals surface area (Å²) in [6, 6.07) is 2.19. The summed E-state index contributed by atoms with van der Waals surface area (Å²) >= 11 is 0. The lowest BCUT2D eigenvalue weighted by Crippen LogP contribution is -2.31. The number of nitrogens with two attached hydrogens (primary N) is 1. The highest BCUT2D eigenvalue weighted by Gasteiger charge is 2.24. The summed E-state index contributed by atoms with van der Waals surface area (Å²) in [5.74, 6) is 1.64. The highest BCUT2D eigenvalue weighted by molar-refractivity contribution is 5.17. The van der Waals surface area contributed by atoms with Crippen LogP contribution in [0.3, 0.4) is 0 Å². The predicted octanol–water partition coefficient (Wildman–Crippen LogP) is 1.94. The summed E-state index contributed by atoms with van der Waals surface area (Å²) in [6.07, 6.45) is 4.95. The maximum Gasteiger partial charge on any atom is 0.319 e. The zero-order chi connectivity index (χ0) is 13.7. The van der Waals surface area contributed by atoms with Gasteiger partial charge in [0.1, 0.15) is 0 Å². The third-order valence-corrected chi connectivity index (χ3v) is 3.82. The topological polar surface area (TPSA) is 70.3 Å². The molecule has 0 radical (unpaired) electrons. The monoisotopic (exact) mass is 265 g/mol. The molecule has 0 spiro atoms. The van der Waals surface area contributed by atoms with E-state index >= 15 is 0 Å². The SMILES string of the molecule is COc1cc(C)nc(OCC2CCCCC2CN)n1. The van der Waals surface area contributed by atoms with Crippen LogP contribution in [-0.4, -0.2) is 30.2 Å². The normalized spacial score (nSPS) is 23.1. The maximum atomic E-state index is 5.83. The molecule has 5 heteroatoms. The number of aromatic nitrogens is 2. The lowest BCUT2D eigenvalue weighted by atomic mass is 9.80. The molecule has 1 aliphatic carbocycles. The first-order valence-electron chi connectivity index (χ1n) is 6.95. The van der Waals surface area contributed by atoms with Gasteiger partial charge in [0.2, 0.25) is 5.88 Å². The number of methoxy groups -OCH3 is 1. The Bertz CT molecular complexity index is 412. The molecule has 2 rings (SSSR count). The number of aryl methyl sites for hydroxylation is 1. The Labute approximate surface area is 114 Å². The van der Waals surface area contributed by atoms with Gasteiger partial charge in [-0.05, 0) is 38.1 Å². The molecule has 1 heterocycles. The van der Waals surface area contributed by atoms with Crippen molar-refractivity contribution in [1.29, 1.82) is 0 Å². The van der Waals surface area contributed by atoms with Crippen molar-refractivity contribution in [3.05, 3.63) is 11.8 Å². The molecule has 0 aliphatic heterocycles. The van der Waals surface area contributed by atoms with Crippen molar-refractivity contribution in [1.82, 2.24) is 9.97 Å². The summed E-state index contributed by atoms with van der Waals surface area (Å²) in [5.41, 5.74) is 6.67. The van der Waals surface area contributed by atoms with E-state index < -0.39 is 0 Å². The number of hydrogen-bond acceptors (Lipinski definition) is 5. The van der Waals surface area contributed by atoms with Gasteiger partial charge in [0, 0.05) is 11.8 Å². The van der Waals surface area contributed by atoms with E-state index in [9.17, 15) is 0 Å². The Kier molecular flexibility index (Phi) is 4.96. The molecule has 1 saturated carbocycles. The third kappa shape index (κ3) is 3.80. The molecule has 2 N–H and O–H groups in total. The van der Waals surface area contributed by atoms with Crippen LogP contribution in [0, 0.1) is 18.8 Å². The minimum absolute atomic E-state index is 0.401. The maximum absolute atomic E-state index is 5.83. The Morgan fingerprint density at radius 3 is 2.68 bits per heavy atom. The van der Waals surface area contributed by atoms with Crippen LogP contribution in [0.25, 0.3) is 0 Å². The van der Waals surface area contributed by atoms with Crippen molar-refractivity contribution in [3.8, 4) is 11.9 Å². The fourth-order valence-corrected chi connectivity index (χ4v) is 2.68. The molecule has 5 nitrogen and oxygen atoms in total. The standard InChI is InChI=1S/C14H23N3O2/c1-10-7-13(18-2)17-14(16-10)19-9-12-6-4-3-5-11(12)8-15/h7,11-12H,3-6,8-9,15H2,1-2H3. The van der Waals surface area contributed by atoms with Crippen LogP contribution in [-0.2, 0) is 0 Å². The molecule has 106 valence electrons. The second kappa shape index (κ2) is 6.70. The van der Waals surface area contributed by atoms with Crippen molar-refractivity contribution in [2.45, 2.75) is 32.6 Å². The van der Waals surface area contributed by atoms with Crippen molar-refractivity contribution >= 4 is 0 Å². The molecule has 1 aromatic heterocycles. The van der Waals surface area contributed by atoms with Gasteiger partial charge in [-0.15, -0.1) is 0 Å². The Balaban J connectivity index is 1.95. The molecule has 1 fully saturated rings. The van der Waals surface area contributed by atoms with Crippen LogP contribution in [0.1, 0.15) is 31.4 Å². The van der Waals surface area contributed by atoms with E-state index in [1.807, 2.05) is 6.92 Å². The van der Waals surface area contributed by atoms with Gasteiger partial charge in [-0.25, -0.2) is 4.98 Å².